The molecule has 1 saturated heterocycles. The smallest absolute Gasteiger partial charge is 0.324 e. The molecule has 2 amide bonds. The first-order chi connectivity index (χ1) is 8.18. The quantitative estimate of drug-likeness (QED) is 0.730. The molecule has 0 unspecified atom stereocenters. The first kappa shape index (κ1) is 12.0. The zero-order chi connectivity index (χ0) is 12.3. The monoisotopic (exact) mass is 232 g/mol. The van der Waals surface area contributed by atoms with E-state index in [9.17, 15) is 4.79 Å². The second-order valence-corrected chi connectivity index (χ2v) is 4.72. The van der Waals surface area contributed by atoms with Crippen molar-refractivity contribution in [2.75, 3.05) is 25.0 Å². The number of likely N-dealkylation sites (tertiary alicyclic amines) is 1. The molecule has 1 aliphatic heterocycles. The molecule has 0 atom stereocenters. The molecule has 0 bridgehead atoms. The lowest BCUT2D eigenvalue weighted by molar-refractivity contribution is 0.194. The molecule has 0 saturated carbocycles. The van der Waals surface area contributed by atoms with E-state index in [0.717, 1.165) is 31.6 Å². The number of benzene rings is 1. The second kappa shape index (κ2) is 5.21. The van der Waals surface area contributed by atoms with Crippen LogP contribution in [0.2, 0.25) is 0 Å². The van der Waals surface area contributed by atoms with Crippen molar-refractivity contribution in [2.45, 2.75) is 26.2 Å². The van der Waals surface area contributed by atoms with Gasteiger partial charge in [-0.1, -0.05) is 17.7 Å². The third-order valence-corrected chi connectivity index (χ3v) is 3.33. The number of rotatable bonds is 1. The van der Waals surface area contributed by atoms with Gasteiger partial charge >= 0.3 is 6.03 Å². The maximum atomic E-state index is 12.2. The lowest BCUT2D eigenvalue weighted by atomic mass is 10.1. The molecule has 17 heavy (non-hydrogen) atoms. The van der Waals surface area contributed by atoms with Gasteiger partial charge in [-0.05, 0) is 38.3 Å². The van der Waals surface area contributed by atoms with Crippen molar-refractivity contribution in [3.63, 3.8) is 0 Å². The fraction of sp³-hybridized carbons (Fsp3) is 0.500. The summed E-state index contributed by atoms with van der Waals surface area (Å²) in [6.07, 6.45) is 3.51. The number of piperidine rings is 1. The van der Waals surface area contributed by atoms with Gasteiger partial charge in [-0.3, -0.25) is 4.90 Å². The Kier molecular flexibility index (Phi) is 3.67. The SMILES string of the molecule is Cc1ccc(N(C)C(=O)N2CCCCC2)cc1. The van der Waals surface area contributed by atoms with Crippen LogP contribution in [0.1, 0.15) is 24.8 Å². The molecule has 1 aromatic rings. The number of carbonyl (C=O) groups excluding carboxylic acids is 1. The average Bonchev–Trinajstić information content (AvgIpc) is 2.39. The van der Waals surface area contributed by atoms with Crippen molar-refractivity contribution < 1.29 is 4.79 Å². The van der Waals surface area contributed by atoms with Gasteiger partial charge in [0.25, 0.3) is 0 Å². The van der Waals surface area contributed by atoms with Gasteiger partial charge in [0.1, 0.15) is 0 Å². The van der Waals surface area contributed by atoms with Gasteiger partial charge in [-0.15, -0.1) is 0 Å². The summed E-state index contributed by atoms with van der Waals surface area (Å²) in [5.74, 6) is 0. The van der Waals surface area contributed by atoms with Crippen molar-refractivity contribution >= 4 is 11.7 Å². The Morgan fingerprint density at radius 2 is 1.71 bits per heavy atom. The molecule has 0 aliphatic carbocycles. The molecule has 0 radical (unpaired) electrons. The number of anilines is 1. The van der Waals surface area contributed by atoms with E-state index in [1.54, 1.807) is 4.90 Å². The Labute approximate surface area is 103 Å². The predicted molar refractivity (Wildman–Crippen MR) is 70.4 cm³/mol. The van der Waals surface area contributed by atoms with E-state index in [1.807, 2.05) is 36.2 Å². The topological polar surface area (TPSA) is 23.6 Å². The van der Waals surface area contributed by atoms with E-state index in [0.29, 0.717) is 0 Å². The molecule has 2 rings (SSSR count). The van der Waals surface area contributed by atoms with Gasteiger partial charge in [0.2, 0.25) is 0 Å². The number of aryl methyl sites for hydroxylation is 1. The van der Waals surface area contributed by atoms with Crippen molar-refractivity contribution in [3.05, 3.63) is 29.8 Å². The number of hydrogen-bond donors (Lipinski definition) is 0. The zero-order valence-electron chi connectivity index (χ0n) is 10.6. The highest BCUT2D eigenvalue weighted by atomic mass is 16.2. The summed E-state index contributed by atoms with van der Waals surface area (Å²) in [5, 5.41) is 0. The van der Waals surface area contributed by atoms with Gasteiger partial charge in [-0.2, -0.15) is 0 Å². The van der Waals surface area contributed by atoms with Crippen molar-refractivity contribution in [1.29, 1.82) is 0 Å². The van der Waals surface area contributed by atoms with Gasteiger partial charge in [0.15, 0.2) is 0 Å². The van der Waals surface area contributed by atoms with Gasteiger partial charge in [0.05, 0.1) is 0 Å². The number of hydrogen-bond acceptors (Lipinski definition) is 1. The van der Waals surface area contributed by atoms with Crippen molar-refractivity contribution in [3.8, 4) is 0 Å². The van der Waals surface area contributed by atoms with Gasteiger partial charge in [0, 0.05) is 25.8 Å². The molecule has 1 aliphatic rings. The van der Waals surface area contributed by atoms with Crippen LogP contribution >= 0.6 is 0 Å². The van der Waals surface area contributed by atoms with E-state index >= 15 is 0 Å². The number of carbonyl (C=O) groups is 1. The summed E-state index contributed by atoms with van der Waals surface area (Å²) in [4.78, 5) is 15.9. The maximum absolute atomic E-state index is 12.2. The van der Waals surface area contributed by atoms with E-state index in [1.165, 1.54) is 12.0 Å². The molecular weight excluding hydrogens is 212 g/mol. The Morgan fingerprint density at radius 3 is 2.29 bits per heavy atom. The highest BCUT2D eigenvalue weighted by Gasteiger charge is 2.20. The maximum Gasteiger partial charge on any atom is 0.324 e. The lowest BCUT2D eigenvalue weighted by Gasteiger charge is -2.31. The zero-order valence-corrected chi connectivity index (χ0v) is 10.6. The minimum atomic E-state index is 0.119. The fourth-order valence-electron chi connectivity index (χ4n) is 2.18. The summed E-state index contributed by atoms with van der Waals surface area (Å²) in [7, 11) is 1.85. The Balaban J connectivity index is 2.05. The van der Waals surface area contributed by atoms with E-state index < -0.39 is 0 Å². The second-order valence-electron chi connectivity index (χ2n) is 4.72. The van der Waals surface area contributed by atoms with Crippen LogP contribution in [0.5, 0.6) is 0 Å². The molecule has 0 spiro atoms. The molecule has 1 aromatic carbocycles. The van der Waals surface area contributed by atoms with E-state index in [-0.39, 0.29) is 6.03 Å². The first-order valence-electron chi connectivity index (χ1n) is 6.28. The summed E-state index contributed by atoms with van der Waals surface area (Å²) in [6.45, 7) is 3.85. The molecular formula is C14H20N2O. The summed E-state index contributed by atoms with van der Waals surface area (Å²) >= 11 is 0. The molecule has 1 fully saturated rings. The molecule has 3 heteroatoms. The molecule has 3 nitrogen and oxygen atoms in total. The standard InChI is InChI=1S/C14H20N2O/c1-12-6-8-13(9-7-12)15(2)14(17)16-10-4-3-5-11-16/h6-9H,3-5,10-11H2,1-2H3. The van der Waals surface area contributed by atoms with Crippen LogP contribution in [0.4, 0.5) is 10.5 Å². The highest BCUT2D eigenvalue weighted by molar-refractivity contribution is 5.91. The van der Waals surface area contributed by atoms with Crippen LogP contribution in [0, 0.1) is 6.92 Å². The molecule has 1 heterocycles. The summed E-state index contributed by atoms with van der Waals surface area (Å²) in [5.41, 5.74) is 2.18. The van der Waals surface area contributed by atoms with Gasteiger partial charge < -0.3 is 4.90 Å². The number of amides is 2. The van der Waals surface area contributed by atoms with Crippen molar-refractivity contribution in [2.24, 2.45) is 0 Å². The third-order valence-electron chi connectivity index (χ3n) is 3.33. The van der Waals surface area contributed by atoms with Crippen molar-refractivity contribution in [1.82, 2.24) is 4.90 Å². The lowest BCUT2D eigenvalue weighted by Crippen LogP contribution is -2.43. The van der Waals surface area contributed by atoms with Crippen LogP contribution in [0.25, 0.3) is 0 Å². The Bertz CT molecular complexity index is 380. The molecule has 0 N–H and O–H groups in total. The van der Waals surface area contributed by atoms with Gasteiger partial charge in [-0.25, -0.2) is 4.79 Å². The Morgan fingerprint density at radius 1 is 1.12 bits per heavy atom. The minimum absolute atomic E-state index is 0.119. The van der Waals surface area contributed by atoms with Crippen LogP contribution in [-0.2, 0) is 0 Å². The highest BCUT2D eigenvalue weighted by Crippen LogP contribution is 2.17. The normalized spacial score (nSPS) is 15.8. The third kappa shape index (κ3) is 2.78. The number of nitrogens with zero attached hydrogens (tertiary/aromatic N) is 2. The minimum Gasteiger partial charge on any atom is -0.324 e. The summed E-state index contributed by atoms with van der Waals surface area (Å²) < 4.78 is 0. The largest absolute Gasteiger partial charge is 0.324 e. The molecule has 92 valence electrons. The van der Waals surface area contributed by atoms with E-state index in [4.69, 9.17) is 0 Å². The number of urea groups is 1. The first-order valence-corrected chi connectivity index (χ1v) is 6.28. The average molecular weight is 232 g/mol. The van der Waals surface area contributed by atoms with Crippen LogP contribution in [0.15, 0.2) is 24.3 Å². The van der Waals surface area contributed by atoms with Crippen LogP contribution < -0.4 is 4.90 Å². The fourth-order valence-corrected chi connectivity index (χ4v) is 2.18. The van der Waals surface area contributed by atoms with Crippen LogP contribution in [-0.4, -0.2) is 31.1 Å². The van der Waals surface area contributed by atoms with E-state index in [2.05, 4.69) is 6.92 Å². The van der Waals surface area contributed by atoms with Crippen LogP contribution in [0.3, 0.4) is 0 Å². The predicted octanol–water partition coefficient (Wildman–Crippen LogP) is 3.04. The Hall–Kier alpha value is -1.51. The summed E-state index contributed by atoms with van der Waals surface area (Å²) in [6, 6.07) is 8.19. The molecule has 0 aromatic heterocycles.